The number of nitrogens with zero attached hydrogens (tertiary/aromatic N) is 2. The van der Waals surface area contributed by atoms with E-state index in [-0.39, 0.29) is 6.42 Å². The topological polar surface area (TPSA) is 15.6 Å². The lowest BCUT2D eigenvalue weighted by Gasteiger charge is -2.12. The van der Waals surface area contributed by atoms with Crippen LogP contribution in [0, 0.1) is 0 Å². The van der Waals surface area contributed by atoms with Crippen molar-refractivity contribution in [2.24, 2.45) is 4.99 Å². The summed E-state index contributed by atoms with van der Waals surface area (Å²) in [6, 6.07) is 0. The molecular weight excluding hydrogens is 143 g/mol. The first-order valence-electron chi connectivity index (χ1n) is 3.47. The second-order valence-corrected chi connectivity index (χ2v) is 2.81. The molecule has 0 aliphatic rings. The maximum Gasteiger partial charge on any atom is 0.192 e. The fourth-order valence-electron chi connectivity index (χ4n) is 0.815. The van der Waals surface area contributed by atoms with Crippen LogP contribution in [0.15, 0.2) is 17.1 Å². The smallest absolute Gasteiger partial charge is 0.192 e. The molecule has 0 spiro atoms. The van der Waals surface area contributed by atoms with Crippen LogP contribution in [-0.2, 0) is 0 Å². The van der Waals surface area contributed by atoms with Gasteiger partial charge < -0.3 is 4.90 Å². The van der Waals surface area contributed by atoms with E-state index in [4.69, 9.17) is 0 Å². The molecule has 0 saturated carbocycles. The Labute approximate surface area is 67.4 Å². The van der Waals surface area contributed by atoms with Crippen molar-refractivity contribution in [3.63, 3.8) is 0 Å². The van der Waals surface area contributed by atoms with Crippen LogP contribution in [0.1, 0.15) is 6.42 Å². The van der Waals surface area contributed by atoms with Gasteiger partial charge in [-0.3, -0.25) is 4.99 Å². The first kappa shape index (κ1) is 10.3. The van der Waals surface area contributed by atoms with E-state index in [9.17, 15) is 4.39 Å². The van der Waals surface area contributed by atoms with E-state index in [1.54, 1.807) is 0 Å². The molecule has 1 unspecified atom stereocenters. The predicted molar refractivity (Wildman–Crippen MR) is 46.8 cm³/mol. The van der Waals surface area contributed by atoms with Gasteiger partial charge >= 0.3 is 0 Å². The van der Waals surface area contributed by atoms with E-state index < -0.39 is 6.30 Å². The summed E-state index contributed by atoms with van der Waals surface area (Å²) in [5.74, 6) is 0. The Hall–Kier alpha value is -0.700. The highest BCUT2D eigenvalue weighted by Gasteiger charge is 2.04. The highest BCUT2D eigenvalue weighted by molar-refractivity contribution is 5.24. The van der Waals surface area contributed by atoms with Crippen molar-refractivity contribution in [3.05, 3.63) is 12.2 Å². The first-order chi connectivity index (χ1) is 5.06. The van der Waals surface area contributed by atoms with Crippen LogP contribution in [0.3, 0.4) is 0 Å². The minimum absolute atomic E-state index is 0.279. The number of alkyl halides is 1. The molecule has 0 aliphatic carbocycles. The Bertz CT molecular complexity index is 143. The van der Waals surface area contributed by atoms with Crippen LogP contribution < -0.4 is 0 Å². The van der Waals surface area contributed by atoms with Gasteiger partial charge in [0.25, 0.3) is 0 Å². The molecule has 0 aromatic carbocycles. The molecule has 64 valence electrons. The van der Waals surface area contributed by atoms with Crippen LogP contribution in [0.4, 0.5) is 4.39 Å². The molecule has 0 amide bonds. The van der Waals surface area contributed by atoms with Gasteiger partial charge in [0.2, 0.25) is 0 Å². The third-order valence-corrected chi connectivity index (χ3v) is 1.20. The van der Waals surface area contributed by atoms with Crippen molar-refractivity contribution in [3.8, 4) is 0 Å². The Morgan fingerprint density at radius 3 is 2.55 bits per heavy atom. The van der Waals surface area contributed by atoms with Gasteiger partial charge in [-0.25, -0.2) is 4.39 Å². The molecule has 0 saturated heterocycles. The highest BCUT2D eigenvalue weighted by Crippen LogP contribution is 2.07. The van der Waals surface area contributed by atoms with Crippen molar-refractivity contribution in [1.29, 1.82) is 0 Å². The molecule has 0 radical (unpaired) electrons. The average Bonchev–Trinajstić information content (AvgIpc) is 1.85. The lowest BCUT2D eigenvalue weighted by atomic mass is 10.2. The molecule has 2 nitrogen and oxygen atoms in total. The van der Waals surface area contributed by atoms with Gasteiger partial charge in [0.1, 0.15) is 0 Å². The van der Waals surface area contributed by atoms with Crippen LogP contribution in [0.25, 0.3) is 0 Å². The molecular formula is C8H15FN2. The number of rotatable bonds is 5. The first-order valence-corrected chi connectivity index (χ1v) is 3.47. The summed E-state index contributed by atoms with van der Waals surface area (Å²) < 4.78 is 12.5. The summed E-state index contributed by atoms with van der Waals surface area (Å²) in [4.78, 5) is 5.18. The van der Waals surface area contributed by atoms with Gasteiger partial charge in [-0.1, -0.05) is 12.2 Å². The summed E-state index contributed by atoms with van der Waals surface area (Å²) in [7, 11) is 3.83. The molecule has 0 fully saturated rings. The maximum absolute atomic E-state index is 12.5. The Kier molecular flexibility index (Phi) is 4.70. The number of hydrogen-bond acceptors (Lipinski definition) is 2. The van der Waals surface area contributed by atoms with Gasteiger partial charge in [-0.15, -0.1) is 0 Å². The molecule has 0 aromatic heterocycles. The zero-order valence-electron chi connectivity index (χ0n) is 7.18. The number of aliphatic imine (C=N–C) groups is 1. The number of likely N-dealkylation sites (N-methyl/N-ethyl adjacent to an activating group) is 1. The SMILES string of the molecule is C=NC(F)CC(=C)CN(C)C. The van der Waals surface area contributed by atoms with E-state index in [0.29, 0.717) is 6.54 Å². The molecule has 1 atom stereocenters. The molecule has 0 N–H and O–H groups in total. The quantitative estimate of drug-likeness (QED) is 0.336. The minimum Gasteiger partial charge on any atom is -0.305 e. The lowest BCUT2D eigenvalue weighted by molar-refractivity contribution is 0.335. The van der Waals surface area contributed by atoms with Gasteiger partial charge in [-0.2, -0.15) is 0 Å². The highest BCUT2D eigenvalue weighted by atomic mass is 19.1. The van der Waals surface area contributed by atoms with E-state index in [2.05, 4.69) is 18.3 Å². The zero-order chi connectivity index (χ0) is 8.85. The van der Waals surface area contributed by atoms with Gasteiger partial charge in [0.05, 0.1) is 0 Å². The van der Waals surface area contributed by atoms with Crippen molar-refractivity contribution in [1.82, 2.24) is 4.90 Å². The Morgan fingerprint density at radius 1 is 1.64 bits per heavy atom. The van der Waals surface area contributed by atoms with Gasteiger partial charge in [0.15, 0.2) is 6.30 Å². The molecule has 0 rings (SSSR count). The summed E-state index contributed by atoms with van der Waals surface area (Å²) in [6.45, 7) is 7.53. The van der Waals surface area contributed by atoms with Crippen molar-refractivity contribution in [2.75, 3.05) is 20.6 Å². The molecule has 0 bridgehead atoms. The second-order valence-electron chi connectivity index (χ2n) is 2.81. The summed E-state index contributed by atoms with van der Waals surface area (Å²) >= 11 is 0. The van der Waals surface area contributed by atoms with E-state index in [1.807, 2.05) is 19.0 Å². The monoisotopic (exact) mass is 158 g/mol. The minimum atomic E-state index is -1.19. The average molecular weight is 158 g/mol. The summed E-state index contributed by atoms with van der Waals surface area (Å²) in [6.07, 6.45) is -0.913. The normalized spacial score (nSPS) is 13.1. The molecule has 3 heteroatoms. The lowest BCUT2D eigenvalue weighted by Crippen LogP contribution is -2.16. The fourth-order valence-corrected chi connectivity index (χ4v) is 0.815. The number of halogens is 1. The van der Waals surface area contributed by atoms with E-state index in [1.165, 1.54) is 0 Å². The molecule has 0 heterocycles. The molecule has 0 aliphatic heterocycles. The third kappa shape index (κ3) is 5.73. The van der Waals surface area contributed by atoms with Crippen LogP contribution in [0.2, 0.25) is 0 Å². The summed E-state index contributed by atoms with van der Waals surface area (Å²) in [5.41, 5.74) is 0.843. The van der Waals surface area contributed by atoms with Crippen LogP contribution in [0.5, 0.6) is 0 Å². The van der Waals surface area contributed by atoms with Crippen molar-refractivity contribution in [2.45, 2.75) is 12.7 Å². The van der Waals surface area contributed by atoms with E-state index in [0.717, 1.165) is 5.57 Å². The Morgan fingerprint density at radius 2 is 2.18 bits per heavy atom. The second kappa shape index (κ2) is 5.02. The fraction of sp³-hybridized carbons (Fsp3) is 0.625. The van der Waals surface area contributed by atoms with Crippen LogP contribution in [-0.4, -0.2) is 38.6 Å². The number of hydrogen-bond donors (Lipinski definition) is 0. The van der Waals surface area contributed by atoms with E-state index >= 15 is 0 Å². The predicted octanol–water partition coefficient (Wildman–Crippen LogP) is 1.49. The van der Waals surface area contributed by atoms with Gasteiger partial charge in [-0.05, 0) is 20.8 Å². The van der Waals surface area contributed by atoms with Gasteiger partial charge in [0, 0.05) is 13.0 Å². The molecule has 0 aromatic rings. The largest absolute Gasteiger partial charge is 0.305 e. The maximum atomic E-state index is 12.5. The third-order valence-electron chi connectivity index (χ3n) is 1.20. The van der Waals surface area contributed by atoms with Crippen LogP contribution >= 0.6 is 0 Å². The standard InChI is InChI=1S/C8H15FN2/c1-7(6-11(3)4)5-8(9)10-2/h8H,1-2,5-6H2,3-4H3. The summed E-state index contributed by atoms with van der Waals surface area (Å²) in [5, 5.41) is 0. The molecule has 11 heavy (non-hydrogen) atoms. The van der Waals surface area contributed by atoms with Crippen molar-refractivity contribution < 1.29 is 4.39 Å². The zero-order valence-corrected chi connectivity index (χ0v) is 7.18. The Balaban J connectivity index is 3.60. The van der Waals surface area contributed by atoms with Crippen molar-refractivity contribution >= 4 is 6.72 Å².